The van der Waals surface area contributed by atoms with E-state index in [1.807, 2.05) is 18.2 Å². The minimum atomic E-state index is -0.528. The van der Waals surface area contributed by atoms with Crippen molar-refractivity contribution in [2.75, 3.05) is 7.11 Å². The van der Waals surface area contributed by atoms with Gasteiger partial charge >= 0.3 is 0 Å². The fourth-order valence-electron chi connectivity index (χ4n) is 1.96. The summed E-state index contributed by atoms with van der Waals surface area (Å²) in [5.41, 5.74) is 6.31. The number of rotatable bonds is 3. The molecule has 0 bridgehead atoms. The van der Waals surface area contributed by atoms with Crippen LogP contribution in [0.4, 0.5) is 0 Å². The lowest BCUT2D eigenvalue weighted by atomic mass is 9.97. The molecular formula is C15H15NO2. The largest absolute Gasteiger partial charge is 0.497 e. The van der Waals surface area contributed by atoms with Gasteiger partial charge < -0.3 is 10.5 Å². The van der Waals surface area contributed by atoms with Gasteiger partial charge in [-0.05, 0) is 35.4 Å². The van der Waals surface area contributed by atoms with Crippen LogP contribution in [0, 0.1) is 0 Å². The normalized spacial score (nSPS) is 12.3. The Labute approximate surface area is 107 Å². The summed E-state index contributed by atoms with van der Waals surface area (Å²) in [6.07, 6.45) is 1.64. The number of allylic oxidation sites excluding steroid dienone is 1. The maximum absolute atomic E-state index is 11.5. The van der Waals surface area contributed by atoms with Gasteiger partial charge in [0.1, 0.15) is 5.75 Å². The van der Waals surface area contributed by atoms with Crippen molar-refractivity contribution in [3.63, 3.8) is 0 Å². The van der Waals surface area contributed by atoms with Crippen LogP contribution >= 0.6 is 0 Å². The van der Waals surface area contributed by atoms with Crippen LogP contribution in [0.15, 0.2) is 42.5 Å². The highest BCUT2D eigenvalue weighted by Gasteiger charge is 2.10. The molecular weight excluding hydrogens is 226 g/mol. The minimum absolute atomic E-state index is 0.282. The topological polar surface area (TPSA) is 52.3 Å². The smallest absolute Gasteiger partial charge is 0.248 e. The number of ether oxygens (including phenoxy) is 1. The van der Waals surface area contributed by atoms with Crippen molar-refractivity contribution in [1.29, 1.82) is 0 Å². The summed E-state index contributed by atoms with van der Waals surface area (Å²) in [6, 6.07) is 9.28. The van der Waals surface area contributed by atoms with Crippen molar-refractivity contribution in [3.8, 4) is 5.75 Å². The van der Waals surface area contributed by atoms with Crippen molar-refractivity contribution in [2.24, 2.45) is 5.73 Å². The van der Waals surface area contributed by atoms with Gasteiger partial charge in [-0.1, -0.05) is 30.3 Å². The lowest BCUT2D eigenvalue weighted by Crippen LogP contribution is -2.12. The SMILES string of the molecule is [2H]c1ccc2cc(OC)ccc2c1/C(=C\C)C(N)=O. The molecule has 0 spiro atoms. The first-order valence-corrected chi connectivity index (χ1v) is 5.62. The number of methoxy groups -OCH3 is 1. The molecule has 2 aromatic carbocycles. The number of hydrogen-bond donors (Lipinski definition) is 1. The van der Waals surface area contributed by atoms with E-state index in [4.69, 9.17) is 11.8 Å². The zero-order valence-corrected chi connectivity index (χ0v) is 10.4. The predicted molar refractivity (Wildman–Crippen MR) is 73.3 cm³/mol. The minimum Gasteiger partial charge on any atom is -0.497 e. The molecule has 92 valence electrons. The number of hydrogen-bond acceptors (Lipinski definition) is 2. The summed E-state index contributed by atoms with van der Waals surface area (Å²) in [5, 5.41) is 1.73. The monoisotopic (exact) mass is 242 g/mol. The Kier molecular flexibility index (Phi) is 2.96. The second-order valence-corrected chi connectivity index (χ2v) is 3.87. The zero-order chi connectivity index (χ0) is 14.0. The first-order chi connectivity index (χ1) is 9.08. The van der Waals surface area contributed by atoms with Gasteiger partial charge in [0, 0.05) is 5.57 Å². The number of primary amides is 1. The zero-order valence-electron chi connectivity index (χ0n) is 11.4. The second kappa shape index (κ2) is 4.92. The Bertz CT molecular complexity index is 677. The van der Waals surface area contributed by atoms with Gasteiger partial charge in [0.25, 0.3) is 0 Å². The number of nitrogens with two attached hydrogens (primary N) is 1. The Morgan fingerprint density at radius 1 is 1.44 bits per heavy atom. The molecule has 2 aromatic rings. The quantitative estimate of drug-likeness (QED) is 0.841. The van der Waals surface area contributed by atoms with E-state index < -0.39 is 5.91 Å². The van der Waals surface area contributed by atoms with E-state index in [1.54, 1.807) is 32.2 Å². The Morgan fingerprint density at radius 2 is 2.22 bits per heavy atom. The molecule has 0 saturated heterocycles. The summed E-state index contributed by atoms with van der Waals surface area (Å²) < 4.78 is 13.2. The number of carbonyl (C=O) groups is 1. The summed E-state index contributed by atoms with van der Waals surface area (Å²) in [5.74, 6) is 0.205. The van der Waals surface area contributed by atoms with Gasteiger partial charge in [-0.2, -0.15) is 0 Å². The average molecular weight is 242 g/mol. The van der Waals surface area contributed by atoms with Crippen molar-refractivity contribution in [3.05, 3.63) is 48.0 Å². The molecule has 3 nitrogen and oxygen atoms in total. The highest BCUT2D eigenvalue weighted by atomic mass is 16.5. The fraction of sp³-hybridized carbons (Fsp3) is 0.133. The van der Waals surface area contributed by atoms with E-state index in [-0.39, 0.29) is 6.04 Å². The van der Waals surface area contributed by atoms with Gasteiger partial charge in [-0.15, -0.1) is 0 Å². The van der Waals surface area contributed by atoms with Crippen molar-refractivity contribution < 1.29 is 10.9 Å². The van der Waals surface area contributed by atoms with Crippen molar-refractivity contribution >= 4 is 22.3 Å². The lowest BCUT2D eigenvalue weighted by molar-refractivity contribution is -0.112. The highest BCUT2D eigenvalue weighted by molar-refractivity contribution is 6.22. The van der Waals surface area contributed by atoms with E-state index in [9.17, 15) is 4.79 Å². The Hall–Kier alpha value is -2.29. The van der Waals surface area contributed by atoms with Gasteiger partial charge in [-0.25, -0.2) is 0 Å². The first-order valence-electron chi connectivity index (χ1n) is 6.12. The number of fused-ring (bicyclic) bond motifs is 1. The van der Waals surface area contributed by atoms with Crippen molar-refractivity contribution in [1.82, 2.24) is 0 Å². The van der Waals surface area contributed by atoms with Gasteiger partial charge in [0.15, 0.2) is 0 Å². The number of carbonyl (C=O) groups excluding carboxylic acids is 1. The molecule has 0 aromatic heterocycles. The van der Waals surface area contributed by atoms with E-state index in [0.717, 1.165) is 16.5 Å². The van der Waals surface area contributed by atoms with Crippen LogP contribution in [0.5, 0.6) is 5.75 Å². The van der Waals surface area contributed by atoms with Crippen LogP contribution in [-0.2, 0) is 4.79 Å². The van der Waals surface area contributed by atoms with E-state index >= 15 is 0 Å². The summed E-state index contributed by atoms with van der Waals surface area (Å²) in [7, 11) is 1.60. The molecule has 0 heterocycles. The fourth-order valence-corrected chi connectivity index (χ4v) is 1.96. The molecule has 3 heteroatoms. The molecule has 2 rings (SSSR count). The summed E-state index contributed by atoms with van der Waals surface area (Å²) in [4.78, 5) is 11.5. The molecule has 18 heavy (non-hydrogen) atoms. The van der Waals surface area contributed by atoms with E-state index in [2.05, 4.69) is 0 Å². The molecule has 0 atom stereocenters. The van der Waals surface area contributed by atoms with E-state index in [0.29, 0.717) is 11.1 Å². The molecule has 0 radical (unpaired) electrons. The molecule has 0 unspecified atom stereocenters. The Balaban J connectivity index is 2.79. The maximum Gasteiger partial charge on any atom is 0.248 e. The molecule has 0 aliphatic carbocycles. The average Bonchev–Trinajstić information content (AvgIpc) is 2.41. The van der Waals surface area contributed by atoms with Crippen molar-refractivity contribution in [2.45, 2.75) is 6.92 Å². The van der Waals surface area contributed by atoms with Crippen LogP contribution in [0.3, 0.4) is 0 Å². The highest BCUT2D eigenvalue weighted by Crippen LogP contribution is 2.28. The molecule has 0 aliphatic rings. The van der Waals surface area contributed by atoms with Crippen LogP contribution in [0.2, 0.25) is 0 Å². The molecule has 2 N–H and O–H groups in total. The second-order valence-electron chi connectivity index (χ2n) is 3.87. The predicted octanol–water partition coefficient (Wildman–Crippen LogP) is 2.74. The molecule has 1 amide bonds. The Morgan fingerprint density at radius 3 is 2.83 bits per heavy atom. The van der Waals surface area contributed by atoms with Crippen LogP contribution in [-0.4, -0.2) is 13.0 Å². The third-order valence-electron chi connectivity index (χ3n) is 2.84. The summed E-state index contributed by atoms with van der Waals surface area (Å²) >= 11 is 0. The first kappa shape index (κ1) is 10.8. The molecule has 0 aliphatic heterocycles. The third-order valence-corrected chi connectivity index (χ3v) is 2.84. The number of amides is 1. The van der Waals surface area contributed by atoms with Crippen LogP contribution in [0.25, 0.3) is 16.3 Å². The van der Waals surface area contributed by atoms with Gasteiger partial charge in [0.05, 0.1) is 8.48 Å². The van der Waals surface area contributed by atoms with Crippen LogP contribution in [0.1, 0.15) is 13.9 Å². The standard InChI is InChI=1S/C15H15NO2/c1-3-12(15(16)17)14-6-4-5-10-9-11(18-2)7-8-13(10)14/h3-9H,1-2H3,(H2,16,17)/b12-3+/i6D. The number of benzene rings is 2. The summed E-state index contributed by atoms with van der Waals surface area (Å²) in [6.45, 7) is 1.74. The van der Waals surface area contributed by atoms with Gasteiger partial charge in [0.2, 0.25) is 5.91 Å². The molecule has 0 saturated carbocycles. The lowest BCUT2D eigenvalue weighted by Gasteiger charge is -2.09. The molecule has 0 fully saturated rings. The third kappa shape index (κ3) is 2.07. The van der Waals surface area contributed by atoms with Crippen LogP contribution < -0.4 is 10.5 Å². The maximum atomic E-state index is 11.5. The van der Waals surface area contributed by atoms with Gasteiger partial charge in [-0.3, -0.25) is 4.79 Å². The van der Waals surface area contributed by atoms with E-state index in [1.165, 1.54) is 0 Å².